The summed E-state index contributed by atoms with van der Waals surface area (Å²) < 4.78 is 24.1. The second-order valence-corrected chi connectivity index (χ2v) is 6.16. The Labute approximate surface area is 100 Å². The lowest BCUT2D eigenvalue weighted by molar-refractivity contribution is -0.121. The molecular weight excluding hydrogens is 240 g/mol. The van der Waals surface area contributed by atoms with Gasteiger partial charge in [0.15, 0.2) is 0 Å². The van der Waals surface area contributed by atoms with Crippen molar-refractivity contribution in [3.05, 3.63) is 29.8 Å². The molecule has 0 heterocycles. The van der Waals surface area contributed by atoms with Gasteiger partial charge in [0.05, 0.1) is 11.7 Å². The molecule has 1 aliphatic carbocycles. The zero-order valence-corrected chi connectivity index (χ0v) is 10.3. The largest absolute Gasteiger partial charge is 0.399 e. The number of nitrogen functional groups attached to an aromatic ring is 1. The zero-order valence-electron chi connectivity index (χ0n) is 9.43. The van der Waals surface area contributed by atoms with Gasteiger partial charge < -0.3 is 5.73 Å². The second-order valence-electron chi connectivity index (χ2n) is 4.41. The standard InChI is InChI=1S/C11H14N2O3S/c1-17(15,16)13-10(14)11(6-7-11)8-2-4-9(12)5-3-8/h2-5H,6-7,12H2,1H3,(H,13,14). The molecule has 0 aliphatic heterocycles. The van der Waals surface area contributed by atoms with Crippen molar-refractivity contribution in [1.29, 1.82) is 0 Å². The molecule has 1 saturated carbocycles. The third-order valence-electron chi connectivity index (χ3n) is 2.93. The van der Waals surface area contributed by atoms with E-state index in [2.05, 4.69) is 0 Å². The van der Waals surface area contributed by atoms with Crippen molar-refractivity contribution < 1.29 is 13.2 Å². The summed E-state index contributed by atoms with van der Waals surface area (Å²) in [6.07, 6.45) is 2.31. The van der Waals surface area contributed by atoms with E-state index in [-0.39, 0.29) is 0 Å². The molecule has 1 aromatic carbocycles. The summed E-state index contributed by atoms with van der Waals surface area (Å²) in [6, 6.07) is 6.96. The molecule has 17 heavy (non-hydrogen) atoms. The van der Waals surface area contributed by atoms with Crippen LogP contribution in [0.15, 0.2) is 24.3 Å². The summed E-state index contributed by atoms with van der Waals surface area (Å²) in [6.45, 7) is 0. The van der Waals surface area contributed by atoms with Crippen LogP contribution < -0.4 is 10.5 Å². The van der Waals surface area contributed by atoms with Gasteiger partial charge >= 0.3 is 0 Å². The summed E-state index contributed by atoms with van der Waals surface area (Å²) >= 11 is 0. The molecule has 0 saturated heterocycles. The average Bonchev–Trinajstić information content (AvgIpc) is 2.97. The van der Waals surface area contributed by atoms with E-state index in [0.717, 1.165) is 11.8 Å². The number of hydrogen-bond donors (Lipinski definition) is 2. The number of anilines is 1. The van der Waals surface area contributed by atoms with Crippen molar-refractivity contribution >= 4 is 21.6 Å². The highest BCUT2D eigenvalue weighted by Gasteiger charge is 2.51. The predicted octanol–water partition coefficient (Wildman–Crippen LogP) is 0.376. The Kier molecular flexibility index (Phi) is 2.61. The number of carbonyl (C=O) groups excluding carboxylic acids is 1. The highest BCUT2D eigenvalue weighted by Crippen LogP contribution is 2.48. The van der Waals surface area contributed by atoms with Crippen LogP contribution in [0.4, 0.5) is 5.69 Å². The molecule has 0 aromatic heterocycles. The fourth-order valence-electron chi connectivity index (χ4n) is 1.84. The molecule has 1 amide bonds. The quantitative estimate of drug-likeness (QED) is 0.763. The van der Waals surface area contributed by atoms with Gasteiger partial charge in [0, 0.05) is 5.69 Å². The van der Waals surface area contributed by atoms with Crippen LogP contribution in [-0.2, 0) is 20.2 Å². The van der Waals surface area contributed by atoms with Crippen LogP contribution in [0.25, 0.3) is 0 Å². The summed E-state index contributed by atoms with van der Waals surface area (Å²) in [5.41, 5.74) is 6.32. The van der Waals surface area contributed by atoms with Gasteiger partial charge in [-0.2, -0.15) is 0 Å². The van der Waals surface area contributed by atoms with Gasteiger partial charge in [-0.25, -0.2) is 8.42 Å². The average molecular weight is 254 g/mol. The molecule has 6 heteroatoms. The van der Waals surface area contributed by atoms with Crippen LogP contribution in [0.1, 0.15) is 18.4 Å². The Morgan fingerprint density at radius 1 is 1.29 bits per heavy atom. The third-order valence-corrected chi connectivity index (χ3v) is 3.48. The molecule has 0 unspecified atom stereocenters. The molecule has 0 atom stereocenters. The van der Waals surface area contributed by atoms with Crippen LogP contribution in [0.5, 0.6) is 0 Å². The number of benzene rings is 1. The molecule has 0 radical (unpaired) electrons. The number of amides is 1. The van der Waals surface area contributed by atoms with Crippen LogP contribution in [0.2, 0.25) is 0 Å². The van der Waals surface area contributed by atoms with Gasteiger partial charge in [0.2, 0.25) is 15.9 Å². The molecule has 92 valence electrons. The molecule has 5 nitrogen and oxygen atoms in total. The first kappa shape index (κ1) is 11.9. The van der Waals surface area contributed by atoms with E-state index in [0.29, 0.717) is 18.5 Å². The van der Waals surface area contributed by atoms with Crippen LogP contribution >= 0.6 is 0 Å². The van der Waals surface area contributed by atoms with E-state index in [9.17, 15) is 13.2 Å². The van der Waals surface area contributed by atoms with Crippen LogP contribution in [0.3, 0.4) is 0 Å². The van der Waals surface area contributed by atoms with Crippen LogP contribution in [0, 0.1) is 0 Å². The molecule has 1 fully saturated rings. The van der Waals surface area contributed by atoms with Crippen molar-refractivity contribution in [3.63, 3.8) is 0 Å². The zero-order chi connectivity index (χ0) is 12.7. The summed E-state index contributed by atoms with van der Waals surface area (Å²) in [5.74, 6) is -0.454. The Morgan fingerprint density at radius 2 is 1.82 bits per heavy atom. The van der Waals surface area contributed by atoms with Gasteiger partial charge in [-0.3, -0.25) is 9.52 Å². The van der Waals surface area contributed by atoms with E-state index >= 15 is 0 Å². The van der Waals surface area contributed by atoms with Crippen molar-refractivity contribution in [1.82, 2.24) is 4.72 Å². The maximum absolute atomic E-state index is 11.9. The first-order valence-corrected chi connectivity index (χ1v) is 7.11. The lowest BCUT2D eigenvalue weighted by Gasteiger charge is -2.14. The van der Waals surface area contributed by atoms with Crippen LogP contribution in [-0.4, -0.2) is 20.6 Å². The van der Waals surface area contributed by atoms with E-state index in [1.807, 2.05) is 4.72 Å². The monoisotopic (exact) mass is 254 g/mol. The Morgan fingerprint density at radius 3 is 2.24 bits per heavy atom. The van der Waals surface area contributed by atoms with Crippen molar-refractivity contribution in [2.24, 2.45) is 0 Å². The minimum absolute atomic E-state index is 0.454. The first-order valence-electron chi connectivity index (χ1n) is 5.22. The van der Waals surface area contributed by atoms with Gasteiger partial charge in [-0.05, 0) is 30.5 Å². The SMILES string of the molecule is CS(=O)(=O)NC(=O)C1(c2ccc(N)cc2)CC1. The fraction of sp³-hybridized carbons (Fsp3) is 0.364. The van der Waals surface area contributed by atoms with Crippen molar-refractivity contribution in [2.45, 2.75) is 18.3 Å². The lowest BCUT2D eigenvalue weighted by Crippen LogP contribution is -2.38. The van der Waals surface area contributed by atoms with Gasteiger partial charge in [0.1, 0.15) is 0 Å². The van der Waals surface area contributed by atoms with Gasteiger partial charge in [0.25, 0.3) is 0 Å². The number of carbonyl (C=O) groups is 1. The van der Waals surface area contributed by atoms with E-state index in [1.54, 1.807) is 24.3 Å². The maximum atomic E-state index is 11.9. The Bertz CT molecular complexity index is 545. The number of hydrogen-bond acceptors (Lipinski definition) is 4. The van der Waals surface area contributed by atoms with Gasteiger partial charge in [-0.1, -0.05) is 12.1 Å². The number of rotatable bonds is 3. The van der Waals surface area contributed by atoms with Gasteiger partial charge in [-0.15, -0.1) is 0 Å². The number of nitrogens with one attached hydrogen (secondary N) is 1. The highest BCUT2D eigenvalue weighted by atomic mass is 32.2. The molecule has 1 aromatic rings. The van der Waals surface area contributed by atoms with Crippen molar-refractivity contribution in [3.8, 4) is 0 Å². The topological polar surface area (TPSA) is 89.3 Å². The fourth-order valence-corrected chi connectivity index (χ4v) is 2.37. The normalized spacial score (nSPS) is 17.5. The minimum atomic E-state index is -3.51. The predicted molar refractivity (Wildman–Crippen MR) is 64.8 cm³/mol. The molecule has 0 bridgehead atoms. The molecular formula is C11H14N2O3S. The van der Waals surface area contributed by atoms with E-state index in [1.165, 1.54) is 0 Å². The molecule has 0 spiro atoms. The molecule has 1 aliphatic rings. The smallest absolute Gasteiger partial charge is 0.244 e. The highest BCUT2D eigenvalue weighted by molar-refractivity contribution is 7.89. The van der Waals surface area contributed by atoms with E-state index < -0.39 is 21.3 Å². The third kappa shape index (κ3) is 2.41. The molecule has 3 N–H and O–H groups in total. The number of nitrogens with two attached hydrogens (primary N) is 1. The minimum Gasteiger partial charge on any atom is -0.399 e. The maximum Gasteiger partial charge on any atom is 0.244 e. The number of sulfonamides is 1. The summed E-state index contributed by atoms with van der Waals surface area (Å²) in [4.78, 5) is 11.9. The Balaban J connectivity index is 2.25. The lowest BCUT2D eigenvalue weighted by atomic mass is 9.95. The summed E-state index contributed by atoms with van der Waals surface area (Å²) in [5, 5.41) is 0. The van der Waals surface area contributed by atoms with E-state index in [4.69, 9.17) is 5.73 Å². The van der Waals surface area contributed by atoms with Crippen molar-refractivity contribution in [2.75, 3.05) is 12.0 Å². The second kappa shape index (κ2) is 3.73. The molecule has 2 rings (SSSR count). The summed E-state index contributed by atoms with van der Waals surface area (Å²) in [7, 11) is -3.51. The Hall–Kier alpha value is -1.56. The first-order chi connectivity index (χ1) is 7.83.